The average molecular weight is 392 g/mol. The van der Waals surface area contributed by atoms with Crippen LogP contribution in [0.4, 0.5) is 13.2 Å². The molecule has 1 atom stereocenters. The molecule has 1 unspecified atom stereocenters. The van der Waals surface area contributed by atoms with E-state index in [1.807, 2.05) is 37.3 Å². The van der Waals surface area contributed by atoms with Gasteiger partial charge in [-0.25, -0.2) is 0 Å². The van der Waals surface area contributed by atoms with Crippen molar-refractivity contribution < 1.29 is 13.2 Å². The molecule has 6 heteroatoms. The SMILES string of the molecule is CC(Cc1cccc(C(F)(F)F)c1)N(CCCl)Cc1ccccc1.Cl. The van der Waals surface area contributed by atoms with Crippen LogP contribution in [0.25, 0.3) is 0 Å². The third-order valence-corrected chi connectivity index (χ3v) is 4.18. The molecule has 0 radical (unpaired) electrons. The van der Waals surface area contributed by atoms with Crippen LogP contribution in [0.2, 0.25) is 0 Å². The van der Waals surface area contributed by atoms with Gasteiger partial charge in [-0.1, -0.05) is 48.5 Å². The maximum Gasteiger partial charge on any atom is 0.416 e. The van der Waals surface area contributed by atoms with Crippen molar-refractivity contribution >= 4 is 24.0 Å². The molecular formula is C19H22Cl2F3N. The lowest BCUT2D eigenvalue weighted by atomic mass is 10.0. The average Bonchev–Trinajstić information content (AvgIpc) is 2.55. The molecule has 0 bridgehead atoms. The van der Waals surface area contributed by atoms with E-state index in [-0.39, 0.29) is 18.4 Å². The first-order chi connectivity index (χ1) is 11.4. The molecule has 2 aromatic rings. The quantitative estimate of drug-likeness (QED) is 0.539. The van der Waals surface area contributed by atoms with Crippen molar-refractivity contribution in [1.29, 1.82) is 0 Å². The molecule has 0 saturated heterocycles. The maximum atomic E-state index is 12.8. The Morgan fingerprint density at radius 2 is 1.64 bits per heavy atom. The van der Waals surface area contributed by atoms with Crippen molar-refractivity contribution in [2.24, 2.45) is 0 Å². The molecule has 0 N–H and O–H groups in total. The summed E-state index contributed by atoms with van der Waals surface area (Å²) in [7, 11) is 0. The van der Waals surface area contributed by atoms with Gasteiger partial charge >= 0.3 is 6.18 Å². The summed E-state index contributed by atoms with van der Waals surface area (Å²) < 4.78 is 38.5. The lowest BCUT2D eigenvalue weighted by molar-refractivity contribution is -0.137. The van der Waals surface area contributed by atoms with Crippen LogP contribution < -0.4 is 0 Å². The molecule has 1 nitrogen and oxygen atoms in total. The zero-order valence-corrected chi connectivity index (χ0v) is 15.5. The van der Waals surface area contributed by atoms with Crippen molar-refractivity contribution in [3.8, 4) is 0 Å². The second kappa shape index (κ2) is 10.0. The van der Waals surface area contributed by atoms with E-state index in [0.717, 1.165) is 12.6 Å². The van der Waals surface area contributed by atoms with E-state index in [9.17, 15) is 13.2 Å². The predicted octanol–water partition coefficient (Wildman–Crippen LogP) is 5.80. The van der Waals surface area contributed by atoms with Gasteiger partial charge in [0, 0.05) is 25.0 Å². The van der Waals surface area contributed by atoms with E-state index < -0.39 is 11.7 Å². The molecule has 25 heavy (non-hydrogen) atoms. The van der Waals surface area contributed by atoms with Crippen molar-refractivity contribution in [2.75, 3.05) is 12.4 Å². The summed E-state index contributed by atoms with van der Waals surface area (Å²) in [5.74, 6) is 0.486. The fourth-order valence-electron chi connectivity index (χ4n) is 2.73. The predicted molar refractivity (Wildman–Crippen MR) is 99.4 cm³/mol. The van der Waals surface area contributed by atoms with Crippen LogP contribution in [0.5, 0.6) is 0 Å². The van der Waals surface area contributed by atoms with Crippen LogP contribution in [-0.4, -0.2) is 23.4 Å². The van der Waals surface area contributed by atoms with Gasteiger partial charge in [-0.3, -0.25) is 4.90 Å². The summed E-state index contributed by atoms with van der Waals surface area (Å²) in [5, 5.41) is 0. The zero-order valence-electron chi connectivity index (χ0n) is 14.0. The minimum atomic E-state index is -4.31. The summed E-state index contributed by atoms with van der Waals surface area (Å²) in [5.41, 5.74) is 1.25. The molecule has 138 valence electrons. The van der Waals surface area contributed by atoms with Gasteiger partial charge in [-0.15, -0.1) is 24.0 Å². The minimum absolute atomic E-state index is 0. The number of benzene rings is 2. The highest BCUT2D eigenvalue weighted by molar-refractivity contribution is 6.18. The molecule has 0 fully saturated rings. The second-order valence-electron chi connectivity index (χ2n) is 5.90. The lowest BCUT2D eigenvalue weighted by Crippen LogP contribution is -2.35. The Hall–Kier alpha value is -1.23. The Balaban J connectivity index is 0.00000312. The zero-order chi connectivity index (χ0) is 17.6. The maximum absolute atomic E-state index is 12.8. The molecule has 0 aliphatic rings. The van der Waals surface area contributed by atoms with Gasteiger partial charge in [0.2, 0.25) is 0 Å². The molecule has 0 aliphatic heterocycles. The number of alkyl halides is 4. The van der Waals surface area contributed by atoms with E-state index >= 15 is 0 Å². The molecular weight excluding hydrogens is 370 g/mol. The minimum Gasteiger partial charge on any atom is -0.295 e. The molecule has 0 saturated carbocycles. The summed E-state index contributed by atoms with van der Waals surface area (Å²) >= 11 is 5.90. The highest BCUT2D eigenvalue weighted by Crippen LogP contribution is 2.30. The summed E-state index contributed by atoms with van der Waals surface area (Å²) in [4.78, 5) is 2.20. The van der Waals surface area contributed by atoms with E-state index in [1.165, 1.54) is 17.7 Å². The van der Waals surface area contributed by atoms with Crippen LogP contribution in [0.1, 0.15) is 23.6 Å². The fraction of sp³-hybridized carbons (Fsp3) is 0.368. The number of nitrogens with zero attached hydrogens (tertiary/aromatic N) is 1. The van der Waals surface area contributed by atoms with Crippen LogP contribution in [0.15, 0.2) is 54.6 Å². The third kappa shape index (κ3) is 6.89. The van der Waals surface area contributed by atoms with Crippen molar-refractivity contribution in [2.45, 2.75) is 32.1 Å². The highest BCUT2D eigenvalue weighted by atomic mass is 35.5. The summed E-state index contributed by atoms with van der Waals surface area (Å²) in [6.45, 7) is 3.44. The lowest BCUT2D eigenvalue weighted by Gasteiger charge is -2.29. The van der Waals surface area contributed by atoms with E-state index in [1.54, 1.807) is 6.07 Å². The number of hydrogen-bond acceptors (Lipinski definition) is 1. The number of rotatable bonds is 7. The summed E-state index contributed by atoms with van der Waals surface area (Å²) in [6.07, 6.45) is -3.76. The van der Waals surface area contributed by atoms with Gasteiger partial charge in [0.15, 0.2) is 0 Å². The largest absolute Gasteiger partial charge is 0.416 e. The van der Waals surface area contributed by atoms with E-state index in [4.69, 9.17) is 11.6 Å². The fourth-order valence-corrected chi connectivity index (χ4v) is 2.94. The Bertz CT molecular complexity index is 632. The Labute approximate surface area is 158 Å². The molecule has 0 aromatic heterocycles. The van der Waals surface area contributed by atoms with Gasteiger partial charge in [0.05, 0.1) is 5.56 Å². The first kappa shape index (κ1) is 21.8. The van der Waals surface area contributed by atoms with Crippen LogP contribution in [0, 0.1) is 0 Å². The van der Waals surface area contributed by atoms with Gasteiger partial charge < -0.3 is 0 Å². The van der Waals surface area contributed by atoms with E-state index in [0.29, 0.717) is 24.4 Å². The monoisotopic (exact) mass is 391 g/mol. The summed E-state index contributed by atoms with van der Waals surface area (Å²) in [6, 6.07) is 15.6. The highest BCUT2D eigenvalue weighted by Gasteiger charge is 2.30. The van der Waals surface area contributed by atoms with Crippen molar-refractivity contribution in [3.63, 3.8) is 0 Å². The third-order valence-electron chi connectivity index (χ3n) is 4.01. The Morgan fingerprint density at radius 1 is 1.00 bits per heavy atom. The van der Waals surface area contributed by atoms with E-state index in [2.05, 4.69) is 4.90 Å². The van der Waals surface area contributed by atoms with Gasteiger partial charge in [0.25, 0.3) is 0 Å². The molecule has 0 spiro atoms. The molecule has 0 amide bonds. The molecule has 2 aromatic carbocycles. The standard InChI is InChI=1S/C19H21ClF3N.ClH/c1-15(12-17-8-5-9-18(13-17)19(21,22)23)24(11-10-20)14-16-6-3-2-4-7-16;/h2-9,13,15H,10-12,14H2,1H3;1H. The number of halogens is 5. The van der Waals surface area contributed by atoms with Gasteiger partial charge in [-0.05, 0) is 30.5 Å². The first-order valence-electron chi connectivity index (χ1n) is 7.90. The first-order valence-corrected chi connectivity index (χ1v) is 8.43. The van der Waals surface area contributed by atoms with Crippen LogP contribution >= 0.6 is 24.0 Å². The van der Waals surface area contributed by atoms with Gasteiger partial charge in [0.1, 0.15) is 0 Å². The smallest absolute Gasteiger partial charge is 0.295 e. The molecule has 0 heterocycles. The number of hydrogen-bond donors (Lipinski definition) is 0. The van der Waals surface area contributed by atoms with Crippen LogP contribution in [-0.2, 0) is 19.1 Å². The van der Waals surface area contributed by atoms with Crippen molar-refractivity contribution in [1.82, 2.24) is 4.90 Å². The topological polar surface area (TPSA) is 3.24 Å². The Morgan fingerprint density at radius 3 is 2.24 bits per heavy atom. The Kier molecular flexibility index (Phi) is 8.77. The second-order valence-corrected chi connectivity index (χ2v) is 6.27. The molecule has 2 rings (SSSR count). The van der Waals surface area contributed by atoms with Crippen LogP contribution in [0.3, 0.4) is 0 Å². The van der Waals surface area contributed by atoms with Gasteiger partial charge in [-0.2, -0.15) is 13.2 Å². The van der Waals surface area contributed by atoms with Crippen molar-refractivity contribution in [3.05, 3.63) is 71.3 Å². The molecule has 0 aliphatic carbocycles. The normalized spacial score (nSPS) is 12.7.